The molecule has 1 aliphatic heterocycles. The number of unbranched alkanes of at least 4 members (excludes halogenated alkanes) is 1. The molecular weight excluding hydrogens is 458 g/mol. The van der Waals surface area contributed by atoms with Crippen LogP contribution in [0.1, 0.15) is 31.6 Å². The fourth-order valence-corrected chi connectivity index (χ4v) is 4.76. The van der Waals surface area contributed by atoms with Gasteiger partial charge in [-0.15, -0.1) is 0 Å². The molecule has 0 radical (unpaired) electrons. The molecule has 4 atom stereocenters. The van der Waals surface area contributed by atoms with Gasteiger partial charge in [0.1, 0.15) is 24.1 Å². The summed E-state index contributed by atoms with van der Waals surface area (Å²) in [4.78, 5) is 13.8. The second-order valence-corrected chi connectivity index (χ2v) is 9.20. The highest BCUT2D eigenvalue weighted by Crippen LogP contribution is 2.33. The summed E-state index contributed by atoms with van der Waals surface area (Å²) in [6.07, 6.45) is 0.186. The SMILES string of the molecule is CCCCSc1nc(NCCc2cccc(OC)c2)c2ncn([C@@H]3O[C@H](CO)[C@@H](O)[C@H]3O)c2n1. The molecule has 0 amide bonds. The first-order valence-electron chi connectivity index (χ1n) is 11.4. The van der Waals surface area contributed by atoms with E-state index in [1.165, 1.54) is 6.33 Å². The Labute approximate surface area is 202 Å². The Balaban J connectivity index is 1.60. The van der Waals surface area contributed by atoms with Crippen LogP contribution >= 0.6 is 11.8 Å². The van der Waals surface area contributed by atoms with E-state index in [9.17, 15) is 15.3 Å². The molecule has 3 heterocycles. The summed E-state index contributed by atoms with van der Waals surface area (Å²) in [5.74, 6) is 2.29. The predicted molar refractivity (Wildman–Crippen MR) is 129 cm³/mol. The average molecular weight is 490 g/mol. The Kier molecular flexibility index (Phi) is 8.22. The molecule has 1 aliphatic rings. The van der Waals surface area contributed by atoms with Gasteiger partial charge in [0.05, 0.1) is 20.0 Å². The van der Waals surface area contributed by atoms with Gasteiger partial charge in [-0.1, -0.05) is 37.2 Å². The lowest BCUT2D eigenvalue weighted by Gasteiger charge is -2.17. The van der Waals surface area contributed by atoms with E-state index < -0.39 is 31.1 Å². The highest BCUT2D eigenvalue weighted by molar-refractivity contribution is 7.99. The lowest BCUT2D eigenvalue weighted by Crippen LogP contribution is -2.33. The Morgan fingerprint density at radius 3 is 2.82 bits per heavy atom. The lowest BCUT2D eigenvalue weighted by atomic mass is 10.1. The third kappa shape index (κ3) is 5.28. The van der Waals surface area contributed by atoms with Crippen LogP contribution in [0, 0.1) is 0 Å². The average Bonchev–Trinajstić information content (AvgIpc) is 3.40. The van der Waals surface area contributed by atoms with Crippen molar-refractivity contribution in [1.82, 2.24) is 19.5 Å². The predicted octanol–water partition coefficient (Wildman–Crippen LogP) is 1.99. The number of benzene rings is 1. The number of aromatic nitrogens is 4. The maximum Gasteiger partial charge on any atom is 0.191 e. The smallest absolute Gasteiger partial charge is 0.191 e. The van der Waals surface area contributed by atoms with Crippen molar-refractivity contribution in [3.8, 4) is 5.75 Å². The summed E-state index contributed by atoms with van der Waals surface area (Å²) in [6, 6.07) is 7.92. The number of hydrogen-bond acceptors (Lipinski definition) is 10. The third-order valence-electron chi connectivity index (χ3n) is 5.76. The van der Waals surface area contributed by atoms with Crippen molar-refractivity contribution in [2.24, 2.45) is 0 Å². The second-order valence-electron chi connectivity index (χ2n) is 8.14. The molecule has 0 saturated carbocycles. The Morgan fingerprint density at radius 1 is 1.24 bits per heavy atom. The Morgan fingerprint density at radius 2 is 2.09 bits per heavy atom. The highest BCUT2D eigenvalue weighted by atomic mass is 32.2. The summed E-state index contributed by atoms with van der Waals surface area (Å²) in [5, 5.41) is 34.1. The molecule has 0 aliphatic carbocycles. The van der Waals surface area contributed by atoms with E-state index in [0.717, 1.165) is 36.3 Å². The van der Waals surface area contributed by atoms with Gasteiger partial charge in [-0.3, -0.25) is 4.57 Å². The number of imidazole rings is 1. The monoisotopic (exact) mass is 489 g/mol. The molecule has 2 aromatic heterocycles. The van der Waals surface area contributed by atoms with Gasteiger partial charge in [0, 0.05) is 12.3 Å². The number of nitrogens with zero attached hydrogens (tertiary/aromatic N) is 4. The van der Waals surface area contributed by atoms with E-state index in [-0.39, 0.29) is 0 Å². The zero-order valence-corrected chi connectivity index (χ0v) is 20.1. The molecule has 0 unspecified atom stereocenters. The fraction of sp³-hybridized carbons (Fsp3) is 0.522. The van der Waals surface area contributed by atoms with Crippen molar-refractivity contribution < 1.29 is 24.8 Å². The van der Waals surface area contributed by atoms with E-state index in [1.807, 2.05) is 24.3 Å². The molecular formula is C23H31N5O5S. The van der Waals surface area contributed by atoms with Gasteiger partial charge in [0.2, 0.25) is 0 Å². The van der Waals surface area contributed by atoms with Crippen LogP contribution in [0.25, 0.3) is 11.2 Å². The highest BCUT2D eigenvalue weighted by Gasteiger charge is 2.44. The normalized spacial score (nSPS) is 22.4. The number of nitrogens with one attached hydrogen (secondary N) is 1. The van der Waals surface area contributed by atoms with Gasteiger partial charge >= 0.3 is 0 Å². The molecule has 11 heteroatoms. The standard InChI is InChI=1S/C23H31N5O5S/c1-3-4-10-34-23-26-20(24-9-8-14-6-5-7-15(11-14)32-2)17-21(27-23)28(13-25-17)22-19(31)18(30)16(12-29)33-22/h5-7,11,13,16,18-19,22,29-31H,3-4,8-10,12H2,1-2H3,(H,24,26,27)/t16-,18-,19-,22-/m1/s1. The van der Waals surface area contributed by atoms with E-state index in [0.29, 0.717) is 28.7 Å². The number of aliphatic hydroxyl groups excluding tert-OH is 3. The minimum absolute atomic E-state index is 0.397. The van der Waals surface area contributed by atoms with Crippen LogP contribution in [0.3, 0.4) is 0 Å². The summed E-state index contributed by atoms with van der Waals surface area (Å²) in [5.41, 5.74) is 2.17. The van der Waals surface area contributed by atoms with Crippen LogP contribution in [-0.2, 0) is 11.2 Å². The number of methoxy groups -OCH3 is 1. The summed E-state index contributed by atoms with van der Waals surface area (Å²) in [6.45, 7) is 2.36. The van der Waals surface area contributed by atoms with Crippen LogP contribution in [0.2, 0.25) is 0 Å². The number of hydrogen-bond donors (Lipinski definition) is 4. The van der Waals surface area contributed by atoms with Crippen molar-refractivity contribution in [3.63, 3.8) is 0 Å². The van der Waals surface area contributed by atoms with Crippen molar-refractivity contribution in [2.75, 3.05) is 31.3 Å². The summed E-state index contributed by atoms with van der Waals surface area (Å²) in [7, 11) is 1.65. The first-order chi connectivity index (χ1) is 16.5. The maximum absolute atomic E-state index is 10.5. The molecule has 0 bridgehead atoms. The van der Waals surface area contributed by atoms with Crippen molar-refractivity contribution in [1.29, 1.82) is 0 Å². The molecule has 4 rings (SSSR count). The number of fused-ring (bicyclic) bond motifs is 1. The van der Waals surface area contributed by atoms with Gasteiger partial charge < -0.3 is 30.1 Å². The van der Waals surface area contributed by atoms with E-state index in [2.05, 4.69) is 22.2 Å². The van der Waals surface area contributed by atoms with E-state index in [4.69, 9.17) is 14.5 Å². The maximum atomic E-state index is 10.5. The number of ether oxygens (including phenoxy) is 2. The van der Waals surface area contributed by atoms with Gasteiger partial charge in [0.15, 0.2) is 28.4 Å². The molecule has 34 heavy (non-hydrogen) atoms. The second kappa shape index (κ2) is 11.3. The number of thioether (sulfide) groups is 1. The minimum Gasteiger partial charge on any atom is -0.497 e. The number of rotatable bonds is 11. The zero-order chi connectivity index (χ0) is 24.1. The molecule has 1 fully saturated rings. The third-order valence-corrected chi connectivity index (χ3v) is 6.70. The number of aliphatic hydroxyl groups is 3. The van der Waals surface area contributed by atoms with Crippen molar-refractivity contribution in [2.45, 2.75) is 55.9 Å². The molecule has 184 valence electrons. The van der Waals surface area contributed by atoms with Crippen molar-refractivity contribution >= 4 is 28.7 Å². The zero-order valence-electron chi connectivity index (χ0n) is 19.3. The lowest BCUT2D eigenvalue weighted by molar-refractivity contribution is -0.0511. The Bertz CT molecular complexity index is 1100. The van der Waals surface area contributed by atoms with Gasteiger partial charge in [-0.05, 0) is 30.5 Å². The van der Waals surface area contributed by atoms with Crippen LogP contribution in [0.4, 0.5) is 5.82 Å². The van der Waals surface area contributed by atoms with Crippen LogP contribution < -0.4 is 10.1 Å². The largest absolute Gasteiger partial charge is 0.497 e. The molecule has 1 aromatic carbocycles. The van der Waals surface area contributed by atoms with Crippen LogP contribution in [0.15, 0.2) is 35.7 Å². The van der Waals surface area contributed by atoms with E-state index in [1.54, 1.807) is 23.4 Å². The van der Waals surface area contributed by atoms with Crippen LogP contribution in [-0.4, -0.2) is 79.2 Å². The van der Waals surface area contributed by atoms with Gasteiger partial charge in [-0.2, -0.15) is 0 Å². The van der Waals surface area contributed by atoms with Crippen molar-refractivity contribution in [3.05, 3.63) is 36.2 Å². The molecule has 0 spiro atoms. The minimum atomic E-state index is -1.22. The molecule has 1 saturated heterocycles. The molecule has 3 aromatic rings. The summed E-state index contributed by atoms with van der Waals surface area (Å²) < 4.78 is 12.6. The Hall–Kier alpha value is -2.44. The summed E-state index contributed by atoms with van der Waals surface area (Å²) >= 11 is 1.56. The molecule has 10 nitrogen and oxygen atoms in total. The van der Waals surface area contributed by atoms with Gasteiger partial charge in [0.25, 0.3) is 0 Å². The first-order valence-corrected chi connectivity index (χ1v) is 12.4. The quantitative estimate of drug-likeness (QED) is 0.180. The fourth-order valence-electron chi connectivity index (χ4n) is 3.84. The van der Waals surface area contributed by atoms with Gasteiger partial charge in [-0.25, -0.2) is 15.0 Å². The molecule has 4 N–H and O–H groups in total. The van der Waals surface area contributed by atoms with Crippen LogP contribution in [0.5, 0.6) is 5.75 Å². The number of anilines is 1. The van der Waals surface area contributed by atoms with E-state index >= 15 is 0 Å². The topological polar surface area (TPSA) is 135 Å². The first kappa shape index (κ1) is 24.7.